The van der Waals surface area contributed by atoms with Crippen LogP contribution >= 0.6 is 0 Å². The topological polar surface area (TPSA) is 79.3 Å². The van der Waals surface area contributed by atoms with Crippen LogP contribution in [-0.2, 0) is 23.3 Å². The van der Waals surface area contributed by atoms with Crippen molar-refractivity contribution < 1.29 is 9.53 Å². The zero-order chi connectivity index (χ0) is 22.5. The molecule has 0 saturated carbocycles. The predicted molar refractivity (Wildman–Crippen MR) is 123 cm³/mol. The second-order valence-electron chi connectivity index (χ2n) is 9.22. The van der Waals surface area contributed by atoms with E-state index in [0.717, 1.165) is 50.1 Å². The maximum atomic E-state index is 12.5. The van der Waals surface area contributed by atoms with Gasteiger partial charge in [0.1, 0.15) is 11.6 Å². The Bertz CT molecular complexity index is 1150. The Morgan fingerprint density at radius 1 is 1.28 bits per heavy atom. The minimum atomic E-state index is -0.212. The summed E-state index contributed by atoms with van der Waals surface area (Å²) in [5.41, 5.74) is 2.33. The van der Waals surface area contributed by atoms with E-state index in [-0.39, 0.29) is 11.3 Å². The number of methoxy groups -OCH3 is 1. The average Bonchev–Trinajstić information content (AvgIpc) is 3.54. The SMILES string of the molecule is CCC(=O)N1C[C@H]2CN(Cc3cn(CC)c4ccc(OC)cc34)C[C@@]2(c2n[nH]c(C)n2)C1. The number of benzene rings is 1. The Labute approximate surface area is 188 Å². The molecule has 170 valence electrons. The van der Waals surface area contributed by atoms with Crippen molar-refractivity contribution in [2.24, 2.45) is 5.92 Å². The molecule has 8 nitrogen and oxygen atoms in total. The van der Waals surface area contributed by atoms with Crippen molar-refractivity contribution in [1.29, 1.82) is 0 Å². The first kappa shape index (κ1) is 21.0. The molecule has 1 amide bonds. The zero-order valence-electron chi connectivity index (χ0n) is 19.4. The number of aromatic nitrogens is 4. The fraction of sp³-hybridized carbons (Fsp3) is 0.542. The standard InChI is InChI=1S/C24H32N6O2/c1-5-22(31)30-13-18-12-28(14-24(18,15-30)23-25-16(3)26-27-23)10-17-11-29(6-2)21-8-7-19(32-4)9-20(17)21/h7-9,11,18H,5-6,10,12-15H2,1-4H3,(H,25,26,27)/t18-,24-/m1/s1. The lowest BCUT2D eigenvalue weighted by Gasteiger charge is -2.26. The number of nitrogens with zero attached hydrogens (tertiary/aromatic N) is 5. The fourth-order valence-electron chi connectivity index (χ4n) is 5.69. The maximum Gasteiger partial charge on any atom is 0.222 e. The quantitative estimate of drug-likeness (QED) is 0.643. The van der Waals surface area contributed by atoms with Gasteiger partial charge in [-0.15, -0.1) is 0 Å². The molecule has 32 heavy (non-hydrogen) atoms. The first-order valence-electron chi connectivity index (χ1n) is 11.5. The van der Waals surface area contributed by atoms with Crippen LogP contribution in [0.2, 0.25) is 0 Å². The maximum absolute atomic E-state index is 12.5. The molecular weight excluding hydrogens is 404 g/mol. The van der Waals surface area contributed by atoms with Gasteiger partial charge in [0, 0.05) is 68.7 Å². The number of hydrogen-bond donors (Lipinski definition) is 1. The van der Waals surface area contributed by atoms with Crippen molar-refractivity contribution in [1.82, 2.24) is 29.5 Å². The summed E-state index contributed by atoms with van der Waals surface area (Å²) in [4.78, 5) is 21.7. The van der Waals surface area contributed by atoms with Gasteiger partial charge in [-0.1, -0.05) is 6.92 Å². The molecule has 1 N–H and O–H groups in total. The Kier molecular flexibility index (Phi) is 5.20. The summed E-state index contributed by atoms with van der Waals surface area (Å²) in [6, 6.07) is 6.31. The van der Waals surface area contributed by atoms with Gasteiger partial charge in [-0.2, -0.15) is 5.10 Å². The molecule has 0 unspecified atom stereocenters. The van der Waals surface area contributed by atoms with Gasteiger partial charge in [0.2, 0.25) is 5.91 Å². The number of hydrogen-bond acceptors (Lipinski definition) is 5. The lowest BCUT2D eigenvalue weighted by molar-refractivity contribution is -0.130. The van der Waals surface area contributed by atoms with Gasteiger partial charge in [-0.05, 0) is 37.6 Å². The van der Waals surface area contributed by atoms with Crippen LogP contribution in [0, 0.1) is 12.8 Å². The molecule has 1 aromatic carbocycles. The van der Waals surface area contributed by atoms with Crippen molar-refractivity contribution in [3.63, 3.8) is 0 Å². The van der Waals surface area contributed by atoms with Crippen LogP contribution in [0.5, 0.6) is 5.75 Å². The number of aromatic amines is 1. The molecule has 2 aliphatic rings. The minimum absolute atomic E-state index is 0.212. The number of likely N-dealkylation sites (tertiary alicyclic amines) is 2. The van der Waals surface area contributed by atoms with Crippen molar-refractivity contribution in [2.75, 3.05) is 33.3 Å². The molecule has 2 saturated heterocycles. The lowest BCUT2D eigenvalue weighted by atomic mass is 9.80. The van der Waals surface area contributed by atoms with Crippen molar-refractivity contribution in [3.05, 3.63) is 41.6 Å². The number of ether oxygens (including phenoxy) is 1. The number of rotatable bonds is 6. The van der Waals surface area contributed by atoms with Crippen LogP contribution in [0.15, 0.2) is 24.4 Å². The van der Waals surface area contributed by atoms with E-state index in [4.69, 9.17) is 9.72 Å². The summed E-state index contributed by atoms with van der Waals surface area (Å²) in [5, 5.41) is 8.83. The fourth-order valence-corrected chi connectivity index (χ4v) is 5.69. The summed E-state index contributed by atoms with van der Waals surface area (Å²) in [5.74, 6) is 3.11. The van der Waals surface area contributed by atoms with Crippen LogP contribution < -0.4 is 4.74 Å². The molecule has 0 spiro atoms. The number of fused-ring (bicyclic) bond motifs is 2. The van der Waals surface area contributed by atoms with Crippen molar-refractivity contribution in [2.45, 2.75) is 45.7 Å². The summed E-state index contributed by atoms with van der Waals surface area (Å²) in [7, 11) is 1.71. The highest BCUT2D eigenvalue weighted by Gasteiger charge is 2.56. The van der Waals surface area contributed by atoms with Crippen LogP contribution in [-0.4, -0.2) is 68.7 Å². The molecule has 4 heterocycles. The molecule has 8 heteroatoms. The van der Waals surface area contributed by atoms with Crippen LogP contribution in [0.25, 0.3) is 10.9 Å². The van der Waals surface area contributed by atoms with E-state index in [1.165, 1.54) is 16.5 Å². The van der Waals surface area contributed by atoms with Gasteiger partial charge in [0.25, 0.3) is 0 Å². The van der Waals surface area contributed by atoms with Gasteiger partial charge >= 0.3 is 0 Å². The number of amides is 1. The first-order chi connectivity index (χ1) is 15.5. The minimum Gasteiger partial charge on any atom is -0.497 e. The number of carbonyl (C=O) groups is 1. The monoisotopic (exact) mass is 436 g/mol. The third-order valence-corrected chi connectivity index (χ3v) is 7.28. The first-order valence-corrected chi connectivity index (χ1v) is 11.5. The molecule has 2 fully saturated rings. The van der Waals surface area contributed by atoms with Crippen LogP contribution in [0.3, 0.4) is 0 Å². The van der Waals surface area contributed by atoms with Gasteiger partial charge in [-0.3, -0.25) is 14.8 Å². The molecule has 0 bridgehead atoms. The molecular formula is C24H32N6O2. The Balaban J connectivity index is 1.46. The van der Waals surface area contributed by atoms with E-state index in [0.29, 0.717) is 18.9 Å². The summed E-state index contributed by atoms with van der Waals surface area (Å²) < 4.78 is 7.79. The molecule has 2 atom stereocenters. The van der Waals surface area contributed by atoms with Gasteiger partial charge in [-0.25, -0.2) is 4.98 Å². The van der Waals surface area contributed by atoms with E-state index < -0.39 is 0 Å². The van der Waals surface area contributed by atoms with Crippen LogP contribution in [0.4, 0.5) is 0 Å². The van der Waals surface area contributed by atoms with E-state index in [9.17, 15) is 4.79 Å². The Morgan fingerprint density at radius 2 is 2.12 bits per heavy atom. The number of H-pyrrole nitrogens is 1. The molecule has 0 aliphatic carbocycles. The van der Waals surface area contributed by atoms with Gasteiger partial charge in [0.15, 0.2) is 5.82 Å². The highest BCUT2D eigenvalue weighted by atomic mass is 16.5. The third kappa shape index (κ3) is 3.28. The third-order valence-electron chi connectivity index (χ3n) is 7.28. The normalized spacial score (nSPS) is 23.2. The molecule has 3 aromatic rings. The second-order valence-corrected chi connectivity index (χ2v) is 9.22. The molecule has 5 rings (SSSR count). The zero-order valence-corrected chi connectivity index (χ0v) is 19.4. The Hall–Kier alpha value is -2.87. The van der Waals surface area contributed by atoms with Crippen molar-refractivity contribution >= 4 is 16.8 Å². The smallest absolute Gasteiger partial charge is 0.222 e. The number of aryl methyl sites for hydroxylation is 2. The Morgan fingerprint density at radius 3 is 2.81 bits per heavy atom. The molecule has 2 aliphatic heterocycles. The van der Waals surface area contributed by atoms with Gasteiger partial charge in [0.05, 0.1) is 12.5 Å². The second kappa shape index (κ2) is 7.92. The van der Waals surface area contributed by atoms with Crippen molar-refractivity contribution in [3.8, 4) is 5.75 Å². The summed E-state index contributed by atoms with van der Waals surface area (Å²) in [6.45, 7) is 11.1. The van der Waals surface area contributed by atoms with Crippen LogP contribution in [0.1, 0.15) is 37.5 Å². The molecule has 0 radical (unpaired) electrons. The van der Waals surface area contributed by atoms with E-state index in [2.05, 4.69) is 44.9 Å². The highest BCUT2D eigenvalue weighted by Crippen LogP contribution is 2.44. The summed E-state index contributed by atoms with van der Waals surface area (Å²) >= 11 is 0. The summed E-state index contributed by atoms with van der Waals surface area (Å²) in [6.07, 6.45) is 2.81. The van der Waals surface area contributed by atoms with E-state index in [1.54, 1.807) is 7.11 Å². The largest absolute Gasteiger partial charge is 0.497 e. The lowest BCUT2D eigenvalue weighted by Crippen LogP contribution is -2.40. The van der Waals surface area contributed by atoms with E-state index in [1.807, 2.05) is 24.8 Å². The average molecular weight is 437 g/mol. The molecule has 2 aromatic heterocycles. The highest BCUT2D eigenvalue weighted by molar-refractivity contribution is 5.85. The van der Waals surface area contributed by atoms with Gasteiger partial charge < -0.3 is 14.2 Å². The number of nitrogens with one attached hydrogen (secondary N) is 1. The van der Waals surface area contributed by atoms with E-state index >= 15 is 0 Å². The number of carbonyl (C=O) groups excluding carboxylic acids is 1. The predicted octanol–water partition coefficient (Wildman–Crippen LogP) is 2.72.